The zero-order valence-electron chi connectivity index (χ0n) is 10.4. The van der Waals surface area contributed by atoms with Gasteiger partial charge in [-0.2, -0.15) is 0 Å². The lowest BCUT2D eigenvalue weighted by atomic mass is 10.1. The van der Waals surface area contributed by atoms with Crippen LogP contribution in [0.25, 0.3) is 0 Å². The number of halogens is 2. The predicted molar refractivity (Wildman–Crippen MR) is 68.7 cm³/mol. The van der Waals surface area contributed by atoms with Crippen LogP contribution in [0.5, 0.6) is 0 Å². The number of hydrogen-bond acceptors (Lipinski definition) is 1. The molecule has 2 nitrogen and oxygen atoms in total. The number of rotatable bonds is 3. The van der Waals surface area contributed by atoms with Crippen molar-refractivity contribution < 1.29 is 13.6 Å². The molecular weight excluding hydrogens is 248 g/mol. The molecule has 0 fully saturated rings. The molecule has 19 heavy (non-hydrogen) atoms. The molecule has 1 N–H and O–H groups in total. The van der Waals surface area contributed by atoms with Crippen LogP contribution in [0.3, 0.4) is 0 Å². The minimum atomic E-state index is -0.456. The van der Waals surface area contributed by atoms with Gasteiger partial charge in [0.1, 0.15) is 11.6 Å². The van der Waals surface area contributed by atoms with E-state index in [-0.39, 0.29) is 23.3 Å². The molecule has 0 saturated heterocycles. The van der Waals surface area contributed by atoms with Crippen molar-refractivity contribution in [3.63, 3.8) is 0 Å². The summed E-state index contributed by atoms with van der Waals surface area (Å²) in [6.07, 6.45) is 0. The Morgan fingerprint density at radius 3 is 2.37 bits per heavy atom. The topological polar surface area (TPSA) is 29.1 Å². The number of benzene rings is 2. The Morgan fingerprint density at radius 1 is 1.05 bits per heavy atom. The molecule has 0 heterocycles. The molecule has 98 valence electrons. The third-order valence-electron chi connectivity index (χ3n) is 2.80. The van der Waals surface area contributed by atoms with Gasteiger partial charge in [0, 0.05) is 5.56 Å². The van der Waals surface area contributed by atoms with Crippen LogP contribution in [-0.2, 0) is 0 Å². The zero-order valence-corrected chi connectivity index (χ0v) is 10.4. The van der Waals surface area contributed by atoms with Crippen molar-refractivity contribution in [2.24, 2.45) is 0 Å². The van der Waals surface area contributed by atoms with Crippen molar-refractivity contribution in [3.05, 3.63) is 71.3 Å². The summed E-state index contributed by atoms with van der Waals surface area (Å²) in [5.74, 6) is -1.15. The van der Waals surface area contributed by atoms with E-state index in [1.165, 1.54) is 36.4 Å². The van der Waals surface area contributed by atoms with Gasteiger partial charge >= 0.3 is 0 Å². The first-order valence-electron chi connectivity index (χ1n) is 5.88. The fourth-order valence-corrected chi connectivity index (χ4v) is 1.74. The van der Waals surface area contributed by atoms with Crippen LogP contribution in [0.15, 0.2) is 48.5 Å². The highest BCUT2D eigenvalue weighted by Crippen LogP contribution is 2.14. The van der Waals surface area contributed by atoms with Gasteiger partial charge in [-0.1, -0.05) is 18.2 Å². The van der Waals surface area contributed by atoms with Crippen molar-refractivity contribution >= 4 is 5.91 Å². The average molecular weight is 261 g/mol. The highest BCUT2D eigenvalue weighted by Gasteiger charge is 2.11. The van der Waals surface area contributed by atoms with Gasteiger partial charge in [0.2, 0.25) is 0 Å². The minimum Gasteiger partial charge on any atom is -0.346 e. The van der Waals surface area contributed by atoms with E-state index >= 15 is 0 Å². The molecule has 0 aromatic heterocycles. The van der Waals surface area contributed by atoms with Crippen LogP contribution in [0, 0.1) is 11.6 Å². The van der Waals surface area contributed by atoms with Gasteiger partial charge in [-0.3, -0.25) is 4.79 Å². The summed E-state index contributed by atoms with van der Waals surface area (Å²) in [7, 11) is 0. The fourth-order valence-electron chi connectivity index (χ4n) is 1.74. The molecule has 0 radical (unpaired) electrons. The van der Waals surface area contributed by atoms with Crippen molar-refractivity contribution in [1.82, 2.24) is 5.32 Å². The molecule has 0 aliphatic heterocycles. The van der Waals surface area contributed by atoms with E-state index < -0.39 is 5.82 Å². The molecule has 4 heteroatoms. The molecule has 1 amide bonds. The van der Waals surface area contributed by atoms with E-state index in [0.717, 1.165) is 5.56 Å². The molecule has 1 atom stereocenters. The van der Waals surface area contributed by atoms with E-state index in [0.29, 0.717) is 0 Å². The van der Waals surface area contributed by atoms with Crippen LogP contribution < -0.4 is 5.32 Å². The normalized spacial score (nSPS) is 11.9. The monoisotopic (exact) mass is 261 g/mol. The van der Waals surface area contributed by atoms with Gasteiger partial charge in [0.05, 0.1) is 6.04 Å². The smallest absolute Gasteiger partial charge is 0.251 e. The number of carbonyl (C=O) groups excluding carboxylic acids is 1. The molecule has 0 saturated carbocycles. The Labute approximate surface area is 110 Å². The summed E-state index contributed by atoms with van der Waals surface area (Å²) in [5.41, 5.74) is 1.04. The van der Waals surface area contributed by atoms with Gasteiger partial charge in [-0.25, -0.2) is 8.78 Å². The highest BCUT2D eigenvalue weighted by atomic mass is 19.1. The Bertz CT molecular complexity index is 581. The molecule has 0 bridgehead atoms. The molecule has 2 rings (SSSR count). The van der Waals surface area contributed by atoms with Gasteiger partial charge in [-0.05, 0) is 42.8 Å². The third-order valence-corrected chi connectivity index (χ3v) is 2.80. The van der Waals surface area contributed by atoms with E-state index in [1.54, 1.807) is 19.1 Å². The highest BCUT2D eigenvalue weighted by molar-refractivity contribution is 5.94. The van der Waals surface area contributed by atoms with Crippen LogP contribution in [0.2, 0.25) is 0 Å². The number of amides is 1. The van der Waals surface area contributed by atoms with Gasteiger partial charge < -0.3 is 5.32 Å². The molecule has 0 aliphatic carbocycles. The molecule has 2 aromatic carbocycles. The van der Waals surface area contributed by atoms with Crippen molar-refractivity contribution in [2.75, 3.05) is 0 Å². The Balaban J connectivity index is 2.08. The lowest BCUT2D eigenvalue weighted by Crippen LogP contribution is -2.26. The zero-order chi connectivity index (χ0) is 13.8. The SMILES string of the molecule is C[C@H](NC(=O)c1cccc(F)c1)c1ccc(F)cc1. The first-order chi connectivity index (χ1) is 9.06. The van der Waals surface area contributed by atoms with Gasteiger partial charge in [0.15, 0.2) is 0 Å². The van der Waals surface area contributed by atoms with Crippen molar-refractivity contribution in [3.8, 4) is 0 Å². The summed E-state index contributed by atoms with van der Waals surface area (Å²) >= 11 is 0. The Hall–Kier alpha value is -2.23. The van der Waals surface area contributed by atoms with Gasteiger partial charge in [0.25, 0.3) is 5.91 Å². The second-order valence-corrected chi connectivity index (χ2v) is 4.26. The predicted octanol–water partition coefficient (Wildman–Crippen LogP) is 3.46. The van der Waals surface area contributed by atoms with Crippen molar-refractivity contribution in [1.29, 1.82) is 0 Å². The van der Waals surface area contributed by atoms with Crippen LogP contribution in [0.4, 0.5) is 8.78 Å². The summed E-state index contributed by atoms with van der Waals surface area (Å²) in [4.78, 5) is 11.9. The molecule has 0 unspecified atom stereocenters. The summed E-state index contributed by atoms with van der Waals surface area (Å²) in [5, 5.41) is 2.73. The Kier molecular flexibility index (Phi) is 3.90. The fraction of sp³-hybridized carbons (Fsp3) is 0.133. The number of nitrogens with one attached hydrogen (secondary N) is 1. The number of carbonyl (C=O) groups is 1. The lowest BCUT2D eigenvalue weighted by molar-refractivity contribution is 0.0939. The lowest BCUT2D eigenvalue weighted by Gasteiger charge is -2.14. The summed E-state index contributed by atoms with van der Waals surface area (Å²) in [6.45, 7) is 1.78. The largest absolute Gasteiger partial charge is 0.346 e. The minimum absolute atomic E-state index is 0.258. The first-order valence-corrected chi connectivity index (χ1v) is 5.88. The standard InChI is InChI=1S/C15H13F2NO/c1-10(11-5-7-13(16)8-6-11)18-15(19)12-3-2-4-14(17)9-12/h2-10H,1H3,(H,18,19)/t10-/m0/s1. The first kappa shape index (κ1) is 13.2. The second-order valence-electron chi connectivity index (χ2n) is 4.26. The van der Waals surface area contributed by atoms with E-state index in [2.05, 4.69) is 5.32 Å². The Morgan fingerprint density at radius 2 is 1.74 bits per heavy atom. The van der Waals surface area contributed by atoms with E-state index in [4.69, 9.17) is 0 Å². The maximum absolute atomic E-state index is 13.0. The maximum Gasteiger partial charge on any atom is 0.251 e. The van der Waals surface area contributed by atoms with E-state index in [9.17, 15) is 13.6 Å². The molecule has 0 aliphatic rings. The quantitative estimate of drug-likeness (QED) is 0.900. The van der Waals surface area contributed by atoms with Crippen LogP contribution >= 0.6 is 0 Å². The number of hydrogen-bond donors (Lipinski definition) is 1. The summed E-state index contributed by atoms with van der Waals surface area (Å²) in [6, 6.07) is 11.1. The van der Waals surface area contributed by atoms with Crippen molar-refractivity contribution in [2.45, 2.75) is 13.0 Å². The summed E-state index contributed by atoms with van der Waals surface area (Å²) < 4.78 is 25.8. The van der Waals surface area contributed by atoms with Crippen LogP contribution in [-0.4, -0.2) is 5.91 Å². The molecule has 0 spiro atoms. The third kappa shape index (κ3) is 3.37. The average Bonchev–Trinajstić information content (AvgIpc) is 2.39. The molecular formula is C15H13F2NO. The second kappa shape index (κ2) is 5.61. The molecule has 2 aromatic rings. The van der Waals surface area contributed by atoms with Crippen LogP contribution in [0.1, 0.15) is 28.9 Å². The van der Waals surface area contributed by atoms with Gasteiger partial charge in [-0.15, -0.1) is 0 Å². The maximum atomic E-state index is 13.0. The van der Waals surface area contributed by atoms with E-state index in [1.807, 2.05) is 0 Å².